The van der Waals surface area contributed by atoms with E-state index in [2.05, 4.69) is 20.9 Å². The van der Waals surface area contributed by atoms with Crippen LogP contribution in [0.25, 0.3) is 0 Å². The molecule has 0 aromatic heterocycles. The van der Waals surface area contributed by atoms with Crippen LogP contribution in [0.15, 0.2) is 78.9 Å². The van der Waals surface area contributed by atoms with Gasteiger partial charge in [-0.05, 0) is 79.2 Å². The Kier molecular flexibility index (Phi) is 7.77. The molecule has 8 heteroatoms. The van der Waals surface area contributed by atoms with E-state index >= 15 is 0 Å². The van der Waals surface area contributed by atoms with Crippen molar-refractivity contribution in [2.24, 2.45) is 0 Å². The first-order valence-electron chi connectivity index (χ1n) is 11.1. The molecule has 4 N–H and O–H groups in total. The van der Waals surface area contributed by atoms with E-state index in [1.807, 2.05) is 66.7 Å². The van der Waals surface area contributed by atoms with E-state index in [0.717, 1.165) is 42.7 Å². The molecule has 0 radical (unpaired) electrons. The average molecular weight is 492 g/mol. The number of anilines is 2. The summed E-state index contributed by atoms with van der Waals surface area (Å²) in [6.45, 7) is 1.84. The van der Waals surface area contributed by atoms with Gasteiger partial charge in [0.1, 0.15) is 11.9 Å². The van der Waals surface area contributed by atoms with Crippen LogP contribution in [0, 0.1) is 5.41 Å². The van der Waals surface area contributed by atoms with Crippen LogP contribution in [0.5, 0.6) is 0 Å². The van der Waals surface area contributed by atoms with Crippen molar-refractivity contribution >= 4 is 52.0 Å². The number of carbonyl (C=O) groups is 1. The van der Waals surface area contributed by atoms with Crippen LogP contribution in [0.4, 0.5) is 11.4 Å². The number of thiocarbonyl (C=S) groups is 1. The van der Waals surface area contributed by atoms with E-state index in [0.29, 0.717) is 21.7 Å². The van der Waals surface area contributed by atoms with Crippen molar-refractivity contribution in [3.63, 3.8) is 0 Å². The van der Waals surface area contributed by atoms with Gasteiger partial charge in [0.05, 0.1) is 0 Å². The lowest BCUT2D eigenvalue weighted by atomic mass is 10.1. The summed E-state index contributed by atoms with van der Waals surface area (Å²) in [5.41, 5.74) is 3.05. The Morgan fingerprint density at radius 2 is 1.47 bits per heavy atom. The molecule has 4 rings (SSSR count). The standard InChI is InChI=1S/C26H26ClN5OS/c27-20-10-14-22(15-11-20)30-26(34)31-23(18-6-2-1-3-7-18)25(33)29-21-12-8-19(9-13-21)24(28)32-16-4-5-17-32/h1-3,6-15,23,28H,4-5,16-17H2,(H,29,33)(H2,30,31,34)/t23-/m0/s1. The normalized spacial score (nSPS) is 13.7. The number of likely N-dealkylation sites (tertiary alicyclic amines) is 1. The summed E-state index contributed by atoms with van der Waals surface area (Å²) in [7, 11) is 0. The van der Waals surface area contributed by atoms with E-state index in [-0.39, 0.29) is 5.91 Å². The van der Waals surface area contributed by atoms with Crippen molar-refractivity contribution in [2.75, 3.05) is 23.7 Å². The Morgan fingerprint density at radius 3 is 2.12 bits per heavy atom. The molecule has 1 atom stereocenters. The lowest BCUT2D eigenvalue weighted by Gasteiger charge is -2.21. The topological polar surface area (TPSA) is 80.2 Å². The quantitative estimate of drug-likeness (QED) is 0.210. The highest BCUT2D eigenvalue weighted by Crippen LogP contribution is 2.19. The minimum absolute atomic E-state index is 0.242. The lowest BCUT2D eigenvalue weighted by Crippen LogP contribution is -2.39. The summed E-state index contributed by atoms with van der Waals surface area (Å²) in [5, 5.41) is 18.5. The van der Waals surface area contributed by atoms with Crippen molar-refractivity contribution in [2.45, 2.75) is 18.9 Å². The van der Waals surface area contributed by atoms with Gasteiger partial charge in [-0.3, -0.25) is 10.2 Å². The third-order valence-electron chi connectivity index (χ3n) is 5.62. The van der Waals surface area contributed by atoms with Gasteiger partial charge < -0.3 is 20.9 Å². The predicted molar refractivity (Wildman–Crippen MR) is 143 cm³/mol. The van der Waals surface area contributed by atoms with Gasteiger partial charge in [-0.15, -0.1) is 0 Å². The number of halogens is 1. The molecule has 6 nitrogen and oxygen atoms in total. The van der Waals surface area contributed by atoms with Gasteiger partial charge in [0.25, 0.3) is 5.91 Å². The van der Waals surface area contributed by atoms with Crippen molar-refractivity contribution in [3.8, 4) is 0 Å². The number of hydrogen-bond donors (Lipinski definition) is 4. The molecule has 3 aromatic rings. The number of nitrogens with one attached hydrogen (secondary N) is 4. The number of amides is 1. The van der Waals surface area contributed by atoms with E-state index in [4.69, 9.17) is 29.2 Å². The molecule has 1 heterocycles. The monoisotopic (exact) mass is 491 g/mol. The number of hydrogen-bond acceptors (Lipinski definition) is 3. The van der Waals surface area contributed by atoms with E-state index in [1.165, 1.54) is 0 Å². The molecule has 1 aliphatic heterocycles. The summed E-state index contributed by atoms with van der Waals surface area (Å²) in [6.07, 6.45) is 2.25. The van der Waals surface area contributed by atoms with E-state index in [9.17, 15) is 4.79 Å². The Hall–Kier alpha value is -3.42. The zero-order chi connectivity index (χ0) is 23.9. The number of rotatable bonds is 6. The van der Waals surface area contributed by atoms with Crippen LogP contribution >= 0.6 is 23.8 Å². The molecule has 1 amide bonds. The molecule has 3 aromatic carbocycles. The van der Waals surface area contributed by atoms with Crippen molar-refractivity contribution in [3.05, 3.63) is 95.0 Å². The van der Waals surface area contributed by atoms with Gasteiger partial charge in [-0.2, -0.15) is 0 Å². The summed E-state index contributed by atoms with van der Waals surface area (Å²) in [4.78, 5) is 15.3. The summed E-state index contributed by atoms with van der Waals surface area (Å²) < 4.78 is 0. The minimum Gasteiger partial charge on any atom is -0.357 e. The fourth-order valence-electron chi connectivity index (χ4n) is 3.83. The molecule has 0 aliphatic carbocycles. The van der Waals surface area contributed by atoms with Crippen LogP contribution in [0.3, 0.4) is 0 Å². The minimum atomic E-state index is -0.698. The van der Waals surface area contributed by atoms with Gasteiger partial charge in [0, 0.05) is 35.1 Å². The highest BCUT2D eigenvalue weighted by molar-refractivity contribution is 7.80. The number of carbonyl (C=O) groups excluding carboxylic acids is 1. The first-order valence-corrected chi connectivity index (χ1v) is 11.9. The van der Waals surface area contributed by atoms with Gasteiger partial charge in [-0.1, -0.05) is 41.9 Å². The maximum atomic E-state index is 13.2. The molecule has 174 valence electrons. The molecule has 0 bridgehead atoms. The maximum Gasteiger partial charge on any atom is 0.251 e. The van der Waals surface area contributed by atoms with Crippen molar-refractivity contribution in [1.29, 1.82) is 5.41 Å². The Morgan fingerprint density at radius 1 is 0.882 bits per heavy atom. The molecule has 1 saturated heterocycles. The maximum absolute atomic E-state index is 13.2. The highest BCUT2D eigenvalue weighted by atomic mass is 35.5. The van der Waals surface area contributed by atoms with Crippen molar-refractivity contribution in [1.82, 2.24) is 10.2 Å². The second-order valence-electron chi connectivity index (χ2n) is 8.06. The second kappa shape index (κ2) is 11.1. The highest BCUT2D eigenvalue weighted by Gasteiger charge is 2.22. The second-order valence-corrected chi connectivity index (χ2v) is 8.90. The van der Waals surface area contributed by atoms with Crippen LogP contribution in [-0.4, -0.2) is 34.8 Å². The molecule has 0 saturated carbocycles. The smallest absolute Gasteiger partial charge is 0.251 e. The Balaban J connectivity index is 1.44. The van der Waals surface area contributed by atoms with E-state index < -0.39 is 6.04 Å². The summed E-state index contributed by atoms with van der Waals surface area (Å²) in [5.74, 6) is 0.284. The molecular formula is C26H26ClN5OS. The van der Waals surface area contributed by atoms with Crippen molar-refractivity contribution < 1.29 is 4.79 Å². The third kappa shape index (κ3) is 6.12. The first kappa shape index (κ1) is 23.7. The predicted octanol–water partition coefficient (Wildman–Crippen LogP) is 5.43. The summed E-state index contributed by atoms with van der Waals surface area (Å²) in [6, 6.07) is 23.3. The van der Waals surface area contributed by atoms with Crippen LogP contribution in [-0.2, 0) is 4.79 Å². The molecule has 0 unspecified atom stereocenters. The van der Waals surface area contributed by atoms with Gasteiger partial charge in [0.15, 0.2) is 5.11 Å². The zero-order valence-electron chi connectivity index (χ0n) is 18.6. The van der Waals surface area contributed by atoms with Gasteiger partial charge in [0.2, 0.25) is 0 Å². The zero-order valence-corrected chi connectivity index (χ0v) is 20.1. The average Bonchev–Trinajstić information content (AvgIpc) is 3.40. The molecule has 0 spiro atoms. The molecule has 1 fully saturated rings. The van der Waals surface area contributed by atoms with Gasteiger partial charge in [-0.25, -0.2) is 0 Å². The molecular weight excluding hydrogens is 466 g/mol. The first-order chi connectivity index (χ1) is 16.5. The molecule has 34 heavy (non-hydrogen) atoms. The van der Waals surface area contributed by atoms with E-state index in [1.54, 1.807) is 12.1 Å². The third-order valence-corrected chi connectivity index (χ3v) is 6.09. The summed E-state index contributed by atoms with van der Waals surface area (Å²) >= 11 is 11.4. The lowest BCUT2D eigenvalue weighted by molar-refractivity contribution is -0.117. The Labute approximate surface area is 209 Å². The Bertz CT molecular complexity index is 1150. The number of amidine groups is 1. The largest absolute Gasteiger partial charge is 0.357 e. The SMILES string of the molecule is N=C(c1ccc(NC(=O)[C@@H](NC(=S)Nc2ccc(Cl)cc2)c2ccccc2)cc1)N1CCCC1. The number of benzene rings is 3. The fourth-order valence-corrected chi connectivity index (χ4v) is 4.19. The molecule has 1 aliphatic rings. The van der Waals surface area contributed by atoms with Crippen LogP contribution < -0.4 is 16.0 Å². The van der Waals surface area contributed by atoms with Crippen LogP contribution in [0.1, 0.15) is 30.0 Å². The number of nitrogens with zero attached hydrogens (tertiary/aromatic N) is 1. The fraction of sp³-hybridized carbons (Fsp3) is 0.192. The van der Waals surface area contributed by atoms with Gasteiger partial charge >= 0.3 is 0 Å². The van der Waals surface area contributed by atoms with Crippen LogP contribution in [0.2, 0.25) is 5.02 Å².